The first-order valence-corrected chi connectivity index (χ1v) is 7.52. The van der Waals surface area contributed by atoms with Crippen LogP contribution in [0.2, 0.25) is 0 Å². The summed E-state index contributed by atoms with van der Waals surface area (Å²) in [6.45, 7) is 3.83. The summed E-state index contributed by atoms with van der Waals surface area (Å²) in [5.74, 6) is 0.348. The van der Waals surface area contributed by atoms with E-state index in [1.165, 1.54) is 19.4 Å². The average Bonchev–Trinajstić information content (AvgIpc) is 3.13. The molecule has 6 heteroatoms. The fraction of sp³-hybridized carbons (Fsp3) is 0.158. The largest absolute Gasteiger partial charge is 0.504 e. The Bertz CT molecular complexity index is 830. The first kappa shape index (κ1) is 17.9. The van der Waals surface area contributed by atoms with Crippen LogP contribution in [0.1, 0.15) is 16.9 Å². The molecular formula is C19H18N2O4. The lowest BCUT2D eigenvalue weighted by Crippen LogP contribution is -2.23. The maximum atomic E-state index is 12.2. The highest BCUT2D eigenvalue weighted by Gasteiger charge is 2.13. The average molecular weight is 338 g/mol. The number of ether oxygens (including phenoxy) is 1. The van der Waals surface area contributed by atoms with Gasteiger partial charge in [-0.2, -0.15) is 5.26 Å². The maximum absolute atomic E-state index is 12.2. The number of hydrogen-bond donors (Lipinski definition) is 2. The number of carbonyl (C=O) groups excluding carboxylic acids is 1. The molecule has 0 bridgehead atoms. The normalized spacial score (nSPS) is 10.8. The topological polar surface area (TPSA) is 95.5 Å². The zero-order valence-electron chi connectivity index (χ0n) is 13.8. The molecule has 1 aromatic heterocycles. The maximum Gasteiger partial charge on any atom is 0.262 e. The van der Waals surface area contributed by atoms with Crippen LogP contribution in [0.25, 0.3) is 6.08 Å². The number of aromatic hydroxyl groups is 1. The Morgan fingerprint density at radius 3 is 2.92 bits per heavy atom. The van der Waals surface area contributed by atoms with Gasteiger partial charge in [-0.3, -0.25) is 4.79 Å². The van der Waals surface area contributed by atoms with E-state index in [1.54, 1.807) is 30.3 Å². The van der Waals surface area contributed by atoms with Crippen LogP contribution in [0.3, 0.4) is 0 Å². The van der Waals surface area contributed by atoms with E-state index in [4.69, 9.17) is 9.15 Å². The van der Waals surface area contributed by atoms with Crippen molar-refractivity contribution >= 4 is 12.0 Å². The molecule has 0 atom stereocenters. The van der Waals surface area contributed by atoms with E-state index in [0.717, 1.165) is 0 Å². The van der Waals surface area contributed by atoms with Crippen molar-refractivity contribution in [2.75, 3.05) is 7.11 Å². The first-order valence-electron chi connectivity index (χ1n) is 7.52. The number of phenols is 1. The van der Waals surface area contributed by atoms with E-state index in [0.29, 0.717) is 23.3 Å². The zero-order valence-corrected chi connectivity index (χ0v) is 13.8. The zero-order chi connectivity index (χ0) is 18.2. The quantitative estimate of drug-likeness (QED) is 0.460. The van der Waals surface area contributed by atoms with Crippen molar-refractivity contribution in [3.8, 4) is 17.6 Å². The van der Waals surface area contributed by atoms with Crippen molar-refractivity contribution in [1.82, 2.24) is 5.32 Å². The lowest BCUT2D eigenvalue weighted by atomic mass is 10.0. The smallest absolute Gasteiger partial charge is 0.262 e. The van der Waals surface area contributed by atoms with Gasteiger partial charge in [-0.15, -0.1) is 6.58 Å². The highest BCUT2D eigenvalue weighted by atomic mass is 16.5. The molecule has 0 saturated heterocycles. The molecule has 0 saturated carbocycles. The van der Waals surface area contributed by atoms with Crippen molar-refractivity contribution in [2.24, 2.45) is 0 Å². The molecule has 0 fully saturated rings. The number of phenolic OH excluding ortho intramolecular Hbond substituents is 1. The molecule has 6 nitrogen and oxygen atoms in total. The van der Waals surface area contributed by atoms with Gasteiger partial charge in [0.15, 0.2) is 11.5 Å². The SMILES string of the molecule is C=CCc1cc(C=C(C#N)C(=O)NCc2ccco2)cc(OC)c1O. The van der Waals surface area contributed by atoms with Gasteiger partial charge < -0.3 is 19.6 Å². The molecular weight excluding hydrogens is 320 g/mol. The summed E-state index contributed by atoms with van der Waals surface area (Å²) in [6.07, 6.45) is 5.01. The second-order valence-corrected chi connectivity index (χ2v) is 5.16. The van der Waals surface area contributed by atoms with Gasteiger partial charge in [0, 0.05) is 5.56 Å². The molecule has 0 aliphatic heterocycles. The fourth-order valence-corrected chi connectivity index (χ4v) is 2.23. The molecule has 2 rings (SSSR count). The highest BCUT2D eigenvalue weighted by molar-refractivity contribution is 6.01. The number of nitriles is 1. The Balaban J connectivity index is 2.25. The van der Waals surface area contributed by atoms with E-state index < -0.39 is 5.91 Å². The Morgan fingerprint density at radius 2 is 2.32 bits per heavy atom. The number of allylic oxidation sites excluding steroid dienone is 1. The van der Waals surface area contributed by atoms with Crippen molar-refractivity contribution < 1.29 is 19.1 Å². The number of benzene rings is 1. The number of nitrogens with one attached hydrogen (secondary N) is 1. The molecule has 1 aromatic carbocycles. The summed E-state index contributed by atoms with van der Waals surface area (Å²) in [4.78, 5) is 12.2. The Morgan fingerprint density at radius 1 is 1.52 bits per heavy atom. The summed E-state index contributed by atoms with van der Waals surface area (Å²) < 4.78 is 10.3. The lowest BCUT2D eigenvalue weighted by Gasteiger charge is -2.10. The molecule has 0 unspecified atom stereocenters. The molecule has 2 aromatic rings. The molecule has 1 amide bonds. The van der Waals surface area contributed by atoms with Crippen LogP contribution >= 0.6 is 0 Å². The number of hydrogen-bond acceptors (Lipinski definition) is 5. The molecule has 128 valence electrons. The van der Waals surface area contributed by atoms with Crippen molar-refractivity contribution in [1.29, 1.82) is 5.26 Å². The predicted octanol–water partition coefficient (Wildman–Crippen LogP) is 2.95. The fourth-order valence-electron chi connectivity index (χ4n) is 2.23. The van der Waals surface area contributed by atoms with Crippen LogP contribution in [0.4, 0.5) is 0 Å². The molecule has 2 N–H and O–H groups in total. The Labute approximate surface area is 145 Å². The molecule has 0 radical (unpaired) electrons. The van der Waals surface area contributed by atoms with Gasteiger partial charge in [-0.25, -0.2) is 0 Å². The van der Waals surface area contributed by atoms with Crippen molar-refractivity contribution in [2.45, 2.75) is 13.0 Å². The van der Waals surface area contributed by atoms with Crippen LogP contribution < -0.4 is 10.1 Å². The number of methoxy groups -OCH3 is 1. The van der Waals surface area contributed by atoms with Gasteiger partial charge in [-0.05, 0) is 42.3 Å². The number of amides is 1. The number of carbonyl (C=O) groups is 1. The van der Waals surface area contributed by atoms with Gasteiger partial charge in [0.25, 0.3) is 5.91 Å². The molecule has 0 spiro atoms. The standard InChI is InChI=1S/C19H18N2O4/c1-3-5-14-8-13(10-17(24-2)18(14)22)9-15(11-20)19(23)21-12-16-6-4-7-25-16/h3-4,6-10,22H,1,5,12H2,2H3,(H,21,23). The van der Waals surface area contributed by atoms with Gasteiger partial charge in [-0.1, -0.05) is 6.08 Å². The number of rotatable bonds is 7. The first-order chi connectivity index (χ1) is 12.1. The number of nitrogens with zero attached hydrogens (tertiary/aromatic N) is 1. The van der Waals surface area contributed by atoms with Gasteiger partial charge in [0.1, 0.15) is 17.4 Å². The van der Waals surface area contributed by atoms with E-state index >= 15 is 0 Å². The van der Waals surface area contributed by atoms with Gasteiger partial charge in [0.05, 0.1) is 19.9 Å². The van der Waals surface area contributed by atoms with E-state index in [2.05, 4.69) is 11.9 Å². The minimum Gasteiger partial charge on any atom is -0.504 e. The van der Waals surface area contributed by atoms with E-state index in [9.17, 15) is 15.2 Å². The summed E-state index contributed by atoms with van der Waals surface area (Å²) in [5, 5.41) is 22.0. The third-order valence-corrected chi connectivity index (χ3v) is 3.44. The van der Waals surface area contributed by atoms with Crippen molar-refractivity contribution in [3.63, 3.8) is 0 Å². The summed E-state index contributed by atoms with van der Waals surface area (Å²) >= 11 is 0. The summed E-state index contributed by atoms with van der Waals surface area (Å²) in [6, 6.07) is 8.55. The number of furan rings is 1. The third kappa shape index (κ3) is 4.52. The van der Waals surface area contributed by atoms with Gasteiger partial charge in [0.2, 0.25) is 0 Å². The minimum atomic E-state index is -0.517. The predicted molar refractivity (Wildman–Crippen MR) is 92.7 cm³/mol. The third-order valence-electron chi connectivity index (χ3n) is 3.44. The lowest BCUT2D eigenvalue weighted by molar-refractivity contribution is -0.117. The second-order valence-electron chi connectivity index (χ2n) is 5.16. The van der Waals surface area contributed by atoms with Crippen LogP contribution in [0.5, 0.6) is 11.5 Å². The van der Waals surface area contributed by atoms with E-state index in [-0.39, 0.29) is 23.6 Å². The molecule has 1 heterocycles. The van der Waals surface area contributed by atoms with E-state index in [1.807, 2.05) is 6.07 Å². The Kier molecular flexibility index (Phi) is 6.02. The second kappa shape index (κ2) is 8.41. The summed E-state index contributed by atoms with van der Waals surface area (Å²) in [7, 11) is 1.43. The van der Waals surface area contributed by atoms with Crippen LogP contribution in [-0.4, -0.2) is 18.1 Å². The monoisotopic (exact) mass is 338 g/mol. The van der Waals surface area contributed by atoms with Crippen molar-refractivity contribution in [3.05, 3.63) is 65.6 Å². The minimum absolute atomic E-state index is 0.0142. The molecule has 25 heavy (non-hydrogen) atoms. The van der Waals surface area contributed by atoms with Gasteiger partial charge >= 0.3 is 0 Å². The molecule has 0 aliphatic carbocycles. The Hall–Kier alpha value is -3.46. The summed E-state index contributed by atoms with van der Waals surface area (Å²) in [5.41, 5.74) is 1.09. The highest BCUT2D eigenvalue weighted by Crippen LogP contribution is 2.32. The molecule has 0 aliphatic rings. The van der Waals surface area contributed by atoms with Crippen LogP contribution in [0.15, 0.2) is 53.2 Å². The van der Waals surface area contributed by atoms with Crippen LogP contribution in [0, 0.1) is 11.3 Å². The van der Waals surface area contributed by atoms with Crippen LogP contribution in [-0.2, 0) is 17.8 Å².